The van der Waals surface area contributed by atoms with Crippen LogP contribution >= 0.6 is 0 Å². The molecular formula is C13H14FN3. The first-order chi connectivity index (χ1) is 8.31. The van der Waals surface area contributed by atoms with Crippen LogP contribution in [0.5, 0.6) is 0 Å². The van der Waals surface area contributed by atoms with Crippen molar-refractivity contribution in [2.75, 3.05) is 13.1 Å². The fourth-order valence-corrected chi connectivity index (χ4v) is 2.01. The monoisotopic (exact) mass is 231 g/mol. The van der Waals surface area contributed by atoms with Crippen molar-refractivity contribution >= 4 is 0 Å². The number of H-pyrrole nitrogens is 1. The van der Waals surface area contributed by atoms with Crippen molar-refractivity contribution < 1.29 is 4.39 Å². The van der Waals surface area contributed by atoms with E-state index in [9.17, 15) is 4.39 Å². The zero-order valence-electron chi connectivity index (χ0n) is 9.41. The number of nitrogens with one attached hydrogen (secondary N) is 2. The zero-order valence-corrected chi connectivity index (χ0v) is 9.41. The van der Waals surface area contributed by atoms with Gasteiger partial charge in [-0.15, -0.1) is 0 Å². The summed E-state index contributed by atoms with van der Waals surface area (Å²) < 4.78 is 12.8. The molecule has 2 N–H and O–H groups in total. The maximum atomic E-state index is 12.8. The van der Waals surface area contributed by atoms with E-state index in [4.69, 9.17) is 0 Å². The van der Waals surface area contributed by atoms with Gasteiger partial charge in [-0.25, -0.2) is 9.37 Å². The van der Waals surface area contributed by atoms with Crippen molar-refractivity contribution in [3.63, 3.8) is 0 Å². The number of hydrogen-bond donors (Lipinski definition) is 2. The van der Waals surface area contributed by atoms with E-state index < -0.39 is 0 Å². The van der Waals surface area contributed by atoms with E-state index >= 15 is 0 Å². The number of aromatic amines is 1. The van der Waals surface area contributed by atoms with Crippen molar-refractivity contribution in [3.05, 3.63) is 42.1 Å². The van der Waals surface area contributed by atoms with Crippen LogP contribution in [-0.4, -0.2) is 23.1 Å². The van der Waals surface area contributed by atoms with E-state index in [1.165, 1.54) is 12.1 Å². The summed E-state index contributed by atoms with van der Waals surface area (Å²) in [6.07, 6.45) is 2.79. The molecule has 0 aliphatic carbocycles. The number of nitrogens with zero attached hydrogens (tertiary/aromatic N) is 1. The molecule has 2 heterocycles. The van der Waals surface area contributed by atoms with Crippen LogP contribution in [0.1, 0.15) is 5.82 Å². The summed E-state index contributed by atoms with van der Waals surface area (Å²) in [5.41, 5.74) is 1.92. The minimum Gasteiger partial charge on any atom is -0.342 e. The highest BCUT2D eigenvalue weighted by atomic mass is 19.1. The molecule has 88 valence electrons. The average Bonchev–Trinajstić information content (AvgIpc) is 2.73. The molecule has 0 saturated carbocycles. The highest BCUT2D eigenvalue weighted by molar-refractivity contribution is 5.58. The van der Waals surface area contributed by atoms with Crippen molar-refractivity contribution in [1.29, 1.82) is 0 Å². The van der Waals surface area contributed by atoms with Crippen molar-refractivity contribution in [1.82, 2.24) is 15.3 Å². The molecule has 0 spiro atoms. The highest BCUT2D eigenvalue weighted by Crippen LogP contribution is 2.19. The fraction of sp³-hybridized carbons (Fsp3) is 0.308. The van der Waals surface area contributed by atoms with Gasteiger partial charge in [-0.2, -0.15) is 0 Å². The van der Waals surface area contributed by atoms with Crippen molar-refractivity contribution in [2.45, 2.75) is 6.42 Å². The molecule has 0 unspecified atom stereocenters. The third-order valence-electron chi connectivity index (χ3n) is 3.13. The Morgan fingerprint density at radius 3 is 2.65 bits per heavy atom. The topological polar surface area (TPSA) is 40.7 Å². The molecule has 1 aliphatic rings. The van der Waals surface area contributed by atoms with Crippen molar-refractivity contribution in [3.8, 4) is 11.3 Å². The molecule has 0 atom stereocenters. The van der Waals surface area contributed by atoms with Gasteiger partial charge in [0.1, 0.15) is 11.6 Å². The molecule has 1 aromatic carbocycles. The summed E-state index contributed by atoms with van der Waals surface area (Å²) in [7, 11) is 0. The molecule has 0 bridgehead atoms. The van der Waals surface area contributed by atoms with Crippen LogP contribution in [0.3, 0.4) is 0 Å². The van der Waals surface area contributed by atoms with Gasteiger partial charge in [0.2, 0.25) is 0 Å². The first-order valence-corrected chi connectivity index (χ1v) is 5.82. The molecule has 2 aromatic rings. The van der Waals surface area contributed by atoms with Gasteiger partial charge >= 0.3 is 0 Å². The maximum Gasteiger partial charge on any atom is 0.123 e. The molecule has 1 fully saturated rings. The number of benzene rings is 1. The lowest BCUT2D eigenvalue weighted by Gasteiger charge is -2.25. The lowest BCUT2D eigenvalue weighted by Crippen LogP contribution is -2.43. The van der Waals surface area contributed by atoms with E-state index in [1.54, 1.807) is 12.1 Å². The van der Waals surface area contributed by atoms with Gasteiger partial charge in [-0.1, -0.05) is 0 Å². The van der Waals surface area contributed by atoms with Crippen LogP contribution in [0.4, 0.5) is 4.39 Å². The third-order valence-corrected chi connectivity index (χ3v) is 3.13. The third kappa shape index (κ3) is 2.22. The zero-order chi connectivity index (χ0) is 11.7. The molecule has 1 aromatic heterocycles. The van der Waals surface area contributed by atoms with Gasteiger partial charge in [0, 0.05) is 6.42 Å². The second-order valence-electron chi connectivity index (χ2n) is 4.48. The first kappa shape index (κ1) is 10.5. The molecule has 1 saturated heterocycles. The van der Waals surface area contributed by atoms with Crippen LogP contribution in [0.15, 0.2) is 30.5 Å². The highest BCUT2D eigenvalue weighted by Gasteiger charge is 2.18. The van der Waals surface area contributed by atoms with Crippen LogP contribution in [-0.2, 0) is 6.42 Å². The Bertz CT molecular complexity index is 500. The molecule has 0 radical (unpaired) electrons. The predicted molar refractivity (Wildman–Crippen MR) is 64.0 cm³/mol. The molecule has 0 amide bonds. The standard InChI is InChI=1S/C13H14FN3/c14-11-3-1-10(2-4-11)12-8-16-13(17-12)5-9-6-15-7-9/h1-4,8-9,15H,5-7H2,(H,16,17). The van der Waals surface area contributed by atoms with Crippen LogP contribution in [0, 0.1) is 11.7 Å². The lowest BCUT2D eigenvalue weighted by molar-refractivity contribution is 0.342. The average molecular weight is 231 g/mol. The quantitative estimate of drug-likeness (QED) is 0.848. The van der Waals surface area contributed by atoms with Crippen LogP contribution in [0.25, 0.3) is 11.3 Å². The summed E-state index contributed by atoms with van der Waals surface area (Å²) in [6, 6.07) is 6.45. The molecule has 1 aliphatic heterocycles. The van der Waals surface area contributed by atoms with E-state index in [-0.39, 0.29) is 5.82 Å². The second-order valence-corrected chi connectivity index (χ2v) is 4.48. The Labute approximate surface area is 99.1 Å². The Kier molecular flexibility index (Phi) is 2.65. The van der Waals surface area contributed by atoms with Crippen molar-refractivity contribution in [2.24, 2.45) is 5.92 Å². The summed E-state index contributed by atoms with van der Waals surface area (Å²) in [5, 5.41) is 3.24. The minimum atomic E-state index is -0.214. The van der Waals surface area contributed by atoms with E-state index in [0.29, 0.717) is 5.92 Å². The SMILES string of the molecule is Fc1ccc(-c2cnc(CC3CNC3)[nH]2)cc1. The Morgan fingerprint density at radius 2 is 2.00 bits per heavy atom. The lowest BCUT2D eigenvalue weighted by atomic mass is 9.99. The summed E-state index contributed by atoms with van der Waals surface area (Å²) >= 11 is 0. The smallest absolute Gasteiger partial charge is 0.123 e. The van der Waals surface area contributed by atoms with E-state index in [0.717, 1.165) is 36.6 Å². The fourth-order valence-electron chi connectivity index (χ4n) is 2.01. The van der Waals surface area contributed by atoms with Gasteiger partial charge < -0.3 is 10.3 Å². The maximum absolute atomic E-state index is 12.8. The summed E-state index contributed by atoms with van der Waals surface area (Å²) in [6.45, 7) is 2.15. The number of hydrogen-bond acceptors (Lipinski definition) is 2. The largest absolute Gasteiger partial charge is 0.342 e. The molecule has 4 heteroatoms. The van der Waals surface area contributed by atoms with Gasteiger partial charge in [-0.05, 0) is 48.8 Å². The van der Waals surface area contributed by atoms with Gasteiger partial charge in [0.25, 0.3) is 0 Å². The van der Waals surface area contributed by atoms with Crippen LogP contribution in [0.2, 0.25) is 0 Å². The van der Waals surface area contributed by atoms with E-state index in [2.05, 4.69) is 15.3 Å². The summed E-state index contributed by atoms with van der Waals surface area (Å²) in [5.74, 6) is 1.49. The second kappa shape index (κ2) is 4.30. The van der Waals surface area contributed by atoms with E-state index in [1.807, 2.05) is 6.20 Å². The minimum absolute atomic E-state index is 0.214. The normalized spacial score (nSPS) is 15.8. The molecule has 3 nitrogen and oxygen atoms in total. The number of rotatable bonds is 3. The van der Waals surface area contributed by atoms with Crippen LogP contribution < -0.4 is 5.32 Å². The molecular weight excluding hydrogens is 217 g/mol. The Balaban J connectivity index is 1.76. The van der Waals surface area contributed by atoms with Gasteiger partial charge in [0.15, 0.2) is 0 Å². The number of imidazole rings is 1. The first-order valence-electron chi connectivity index (χ1n) is 5.82. The Hall–Kier alpha value is -1.68. The predicted octanol–water partition coefficient (Wildman–Crippen LogP) is 1.98. The number of halogens is 1. The summed E-state index contributed by atoms with van der Waals surface area (Å²) in [4.78, 5) is 7.65. The Morgan fingerprint density at radius 1 is 1.24 bits per heavy atom. The molecule has 17 heavy (non-hydrogen) atoms. The van der Waals surface area contributed by atoms with Gasteiger partial charge in [-0.3, -0.25) is 0 Å². The molecule has 3 rings (SSSR count). The number of aromatic nitrogens is 2. The van der Waals surface area contributed by atoms with Gasteiger partial charge in [0.05, 0.1) is 11.9 Å².